The number of piperazine rings is 1. The number of hydrogen-bond donors (Lipinski definition) is 0. The maximum atomic E-state index is 13.1. The van der Waals surface area contributed by atoms with Crippen molar-refractivity contribution in [3.63, 3.8) is 0 Å². The number of thiophene rings is 1. The number of halogens is 1. The number of amides is 1. The highest BCUT2D eigenvalue weighted by Gasteiger charge is 2.30. The van der Waals surface area contributed by atoms with Crippen LogP contribution in [0.3, 0.4) is 0 Å². The van der Waals surface area contributed by atoms with Crippen molar-refractivity contribution in [3.05, 3.63) is 47.6 Å². The second-order valence-electron chi connectivity index (χ2n) is 6.87. The van der Waals surface area contributed by atoms with E-state index in [9.17, 15) is 17.6 Å². The summed E-state index contributed by atoms with van der Waals surface area (Å²) in [7, 11) is -1.84. The molecule has 1 aliphatic rings. The van der Waals surface area contributed by atoms with Crippen LogP contribution >= 0.6 is 23.1 Å². The number of benzene rings is 1. The van der Waals surface area contributed by atoms with Crippen LogP contribution in [0.1, 0.15) is 0 Å². The maximum absolute atomic E-state index is 13.1. The van der Waals surface area contributed by atoms with Gasteiger partial charge in [-0.05, 0) is 35.7 Å². The minimum atomic E-state index is -3.70. The van der Waals surface area contributed by atoms with Crippen LogP contribution in [0.5, 0.6) is 0 Å². The van der Waals surface area contributed by atoms with Crippen LogP contribution in [0.25, 0.3) is 10.7 Å². The molecule has 12 heteroatoms. The highest BCUT2D eigenvalue weighted by atomic mass is 32.2. The lowest BCUT2D eigenvalue weighted by molar-refractivity contribution is -0.129. The zero-order valence-corrected chi connectivity index (χ0v) is 19.1. The summed E-state index contributed by atoms with van der Waals surface area (Å²) in [6, 6.07) is 8.67. The van der Waals surface area contributed by atoms with Crippen molar-refractivity contribution in [3.8, 4) is 10.7 Å². The van der Waals surface area contributed by atoms with Gasteiger partial charge < -0.3 is 9.47 Å². The molecule has 8 nitrogen and oxygen atoms in total. The molecule has 1 amide bonds. The number of hydrogen-bond acceptors (Lipinski definition) is 7. The molecule has 3 heterocycles. The fourth-order valence-corrected chi connectivity index (χ4v) is 6.19. The highest BCUT2D eigenvalue weighted by Crippen LogP contribution is 2.26. The van der Waals surface area contributed by atoms with Gasteiger partial charge in [0.05, 0.1) is 15.5 Å². The first kappa shape index (κ1) is 21.9. The largest absolute Gasteiger partial charge is 0.339 e. The maximum Gasteiger partial charge on any atom is 0.243 e. The quantitative estimate of drug-likeness (QED) is 0.502. The molecule has 1 aromatic carbocycles. The topological polar surface area (TPSA) is 88.4 Å². The predicted molar refractivity (Wildman–Crippen MR) is 117 cm³/mol. The van der Waals surface area contributed by atoms with Gasteiger partial charge in [0.1, 0.15) is 5.82 Å². The van der Waals surface area contributed by atoms with Gasteiger partial charge in [0.2, 0.25) is 15.9 Å². The number of thioether (sulfide) groups is 1. The molecule has 0 spiro atoms. The van der Waals surface area contributed by atoms with Gasteiger partial charge in [-0.2, -0.15) is 4.31 Å². The lowest BCUT2D eigenvalue weighted by Gasteiger charge is -2.34. The number of carbonyl (C=O) groups is 1. The van der Waals surface area contributed by atoms with E-state index in [1.807, 2.05) is 29.1 Å². The molecule has 0 atom stereocenters. The van der Waals surface area contributed by atoms with Crippen molar-refractivity contribution in [2.75, 3.05) is 31.9 Å². The summed E-state index contributed by atoms with van der Waals surface area (Å²) >= 11 is 2.88. The molecular weight excluding hydrogens is 461 g/mol. The van der Waals surface area contributed by atoms with Crippen molar-refractivity contribution >= 4 is 39.0 Å². The van der Waals surface area contributed by atoms with Crippen LogP contribution in [0, 0.1) is 5.82 Å². The first-order valence-corrected chi connectivity index (χ1v) is 12.8. The van der Waals surface area contributed by atoms with E-state index in [1.54, 1.807) is 16.2 Å². The molecule has 1 fully saturated rings. The molecule has 4 rings (SSSR count). The molecular formula is C19H20FN5O3S3. The summed E-state index contributed by atoms with van der Waals surface area (Å²) < 4.78 is 41.7. The number of sulfonamides is 1. The van der Waals surface area contributed by atoms with Gasteiger partial charge in [-0.15, -0.1) is 21.5 Å². The molecule has 0 radical (unpaired) electrons. The fraction of sp³-hybridized carbons (Fsp3) is 0.316. The van der Waals surface area contributed by atoms with E-state index >= 15 is 0 Å². The molecule has 1 aliphatic heterocycles. The van der Waals surface area contributed by atoms with E-state index in [4.69, 9.17) is 0 Å². The van der Waals surface area contributed by atoms with Crippen molar-refractivity contribution in [1.29, 1.82) is 0 Å². The third-order valence-electron chi connectivity index (χ3n) is 4.94. The van der Waals surface area contributed by atoms with Gasteiger partial charge in [0.15, 0.2) is 11.0 Å². The molecule has 0 N–H and O–H groups in total. The molecule has 1 saturated heterocycles. The van der Waals surface area contributed by atoms with E-state index in [1.165, 1.54) is 28.2 Å². The Hall–Kier alpha value is -2.28. The summed E-state index contributed by atoms with van der Waals surface area (Å²) in [5.41, 5.74) is 0. The van der Waals surface area contributed by atoms with Gasteiger partial charge >= 0.3 is 0 Å². The Morgan fingerprint density at radius 3 is 2.48 bits per heavy atom. The molecule has 164 valence electrons. The fourth-order valence-electron chi connectivity index (χ4n) is 3.21. The zero-order valence-electron chi connectivity index (χ0n) is 16.6. The molecule has 3 aromatic rings. The van der Waals surface area contributed by atoms with Crippen LogP contribution in [0.15, 0.2) is 51.8 Å². The number of carbonyl (C=O) groups excluding carboxylic acids is 1. The van der Waals surface area contributed by atoms with E-state index in [2.05, 4.69) is 10.2 Å². The van der Waals surface area contributed by atoms with E-state index in [0.29, 0.717) is 18.2 Å². The SMILES string of the molecule is Cn1c(SCC(=O)N2CCN(S(=O)(=O)c3ccc(F)cc3)CC2)nnc1-c1cccs1. The Balaban J connectivity index is 1.32. The van der Waals surface area contributed by atoms with Crippen LogP contribution < -0.4 is 0 Å². The average molecular weight is 482 g/mol. The third-order valence-corrected chi connectivity index (χ3v) is 8.73. The molecule has 2 aromatic heterocycles. The molecule has 0 unspecified atom stereocenters. The Kier molecular flexibility index (Phi) is 6.42. The van der Waals surface area contributed by atoms with Crippen LogP contribution in [0.2, 0.25) is 0 Å². The van der Waals surface area contributed by atoms with Gasteiger partial charge in [0.25, 0.3) is 0 Å². The molecule has 31 heavy (non-hydrogen) atoms. The van der Waals surface area contributed by atoms with Gasteiger partial charge in [-0.3, -0.25) is 4.79 Å². The summed E-state index contributed by atoms with van der Waals surface area (Å²) in [5, 5.41) is 11.0. The van der Waals surface area contributed by atoms with E-state index < -0.39 is 15.8 Å². The summed E-state index contributed by atoms with van der Waals surface area (Å²) in [4.78, 5) is 15.3. The Morgan fingerprint density at radius 2 is 1.84 bits per heavy atom. The second kappa shape index (κ2) is 9.07. The van der Waals surface area contributed by atoms with Gasteiger partial charge in [-0.25, -0.2) is 12.8 Å². The second-order valence-corrected chi connectivity index (χ2v) is 10.7. The lowest BCUT2D eigenvalue weighted by Crippen LogP contribution is -2.50. The lowest BCUT2D eigenvalue weighted by atomic mass is 10.3. The average Bonchev–Trinajstić information content (AvgIpc) is 3.42. The monoisotopic (exact) mass is 481 g/mol. The van der Waals surface area contributed by atoms with Crippen LogP contribution in [0.4, 0.5) is 4.39 Å². The Morgan fingerprint density at radius 1 is 1.13 bits per heavy atom. The van der Waals surface area contributed by atoms with Crippen molar-refractivity contribution < 1.29 is 17.6 Å². The van der Waals surface area contributed by atoms with E-state index in [0.717, 1.165) is 22.8 Å². The van der Waals surface area contributed by atoms with Gasteiger partial charge in [0, 0.05) is 33.2 Å². The highest BCUT2D eigenvalue weighted by molar-refractivity contribution is 7.99. The molecule has 0 bridgehead atoms. The zero-order chi connectivity index (χ0) is 22.0. The summed E-state index contributed by atoms with van der Waals surface area (Å²) in [6.07, 6.45) is 0. The number of nitrogens with zero attached hydrogens (tertiary/aromatic N) is 5. The summed E-state index contributed by atoms with van der Waals surface area (Å²) in [6.45, 7) is 1.00. The number of rotatable bonds is 6. The summed E-state index contributed by atoms with van der Waals surface area (Å²) in [5.74, 6) is 0.382. The van der Waals surface area contributed by atoms with Crippen molar-refractivity contribution in [1.82, 2.24) is 24.0 Å². The van der Waals surface area contributed by atoms with Crippen molar-refractivity contribution in [2.45, 2.75) is 10.1 Å². The van der Waals surface area contributed by atoms with Crippen LogP contribution in [-0.2, 0) is 21.9 Å². The van der Waals surface area contributed by atoms with E-state index in [-0.39, 0.29) is 29.6 Å². The Bertz CT molecular complexity index is 1160. The smallest absolute Gasteiger partial charge is 0.243 e. The third kappa shape index (κ3) is 4.66. The standard InChI is InChI=1S/C19H20FN5O3S3/c1-23-18(16-3-2-12-29-16)21-22-19(23)30-13-17(26)24-8-10-25(11-9-24)31(27,28)15-6-4-14(20)5-7-15/h2-7,12H,8-11,13H2,1H3. The normalized spacial score (nSPS) is 15.4. The minimum absolute atomic E-state index is 0.0491. The first-order chi connectivity index (χ1) is 14.9. The predicted octanol–water partition coefficient (Wildman–Crippen LogP) is 2.31. The number of aromatic nitrogens is 3. The molecule has 0 saturated carbocycles. The molecule has 0 aliphatic carbocycles. The minimum Gasteiger partial charge on any atom is -0.339 e. The van der Waals surface area contributed by atoms with Crippen molar-refractivity contribution in [2.24, 2.45) is 7.05 Å². The Labute approximate surface area is 187 Å². The van der Waals surface area contributed by atoms with Gasteiger partial charge in [-0.1, -0.05) is 17.8 Å². The van der Waals surface area contributed by atoms with Crippen LogP contribution in [-0.4, -0.2) is 70.2 Å². The first-order valence-electron chi connectivity index (χ1n) is 9.46.